The monoisotopic (exact) mass is 338 g/mol. The predicted molar refractivity (Wildman–Crippen MR) is 88.0 cm³/mol. The topological polar surface area (TPSA) is 71.1 Å². The molecule has 24 heavy (non-hydrogen) atoms. The first kappa shape index (κ1) is 20.0. The van der Waals surface area contributed by atoms with Gasteiger partial charge in [0.15, 0.2) is 0 Å². The van der Waals surface area contributed by atoms with Crippen LogP contribution in [0.4, 0.5) is 4.79 Å². The van der Waals surface area contributed by atoms with E-state index < -0.39 is 12.1 Å². The van der Waals surface area contributed by atoms with E-state index in [1.54, 1.807) is 30.3 Å². The Kier molecular flexibility index (Phi) is 11.1. The molecule has 134 valence electrons. The third-order valence-corrected chi connectivity index (χ3v) is 3.44. The lowest BCUT2D eigenvalue weighted by Crippen LogP contribution is -2.12. The Labute approximate surface area is 142 Å². The van der Waals surface area contributed by atoms with Gasteiger partial charge in [-0.1, -0.05) is 70.1 Å². The molecule has 0 unspecified atom stereocenters. The van der Waals surface area contributed by atoms with Crippen LogP contribution in [-0.2, 0) is 19.6 Å². The van der Waals surface area contributed by atoms with Gasteiger partial charge in [0.2, 0.25) is 0 Å². The summed E-state index contributed by atoms with van der Waals surface area (Å²) in [6, 6.07) is 8.21. The molecule has 0 aliphatic rings. The first-order valence-electron chi connectivity index (χ1n) is 8.51. The number of hydrogen-bond donors (Lipinski definition) is 0. The van der Waals surface area contributed by atoms with Crippen LogP contribution in [0.1, 0.15) is 68.6 Å². The summed E-state index contributed by atoms with van der Waals surface area (Å²) < 4.78 is 4.80. The quantitative estimate of drug-likeness (QED) is 0.231. The Bertz CT molecular complexity index is 460. The third-order valence-electron chi connectivity index (χ3n) is 3.44. The molecule has 0 amide bonds. The molecular weight excluding hydrogens is 312 g/mol. The van der Waals surface area contributed by atoms with Crippen LogP contribution in [0.5, 0.6) is 0 Å². The molecule has 0 saturated carbocycles. The molecule has 0 aliphatic carbocycles. The van der Waals surface area contributed by atoms with Crippen LogP contribution in [0.15, 0.2) is 30.3 Å². The number of carbonyl (C=O) groups is 2. The van der Waals surface area contributed by atoms with Crippen LogP contribution in [0.25, 0.3) is 0 Å². The van der Waals surface area contributed by atoms with Crippen molar-refractivity contribution < 1.29 is 29.1 Å². The van der Waals surface area contributed by atoms with Crippen molar-refractivity contribution in [3.05, 3.63) is 35.9 Å². The zero-order valence-corrected chi connectivity index (χ0v) is 14.2. The fourth-order valence-electron chi connectivity index (χ4n) is 2.11. The van der Waals surface area contributed by atoms with Crippen LogP contribution in [0.3, 0.4) is 0 Å². The Hall–Kier alpha value is -2.08. The summed E-state index contributed by atoms with van der Waals surface area (Å²) in [7, 11) is 0. The van der Waals surface area contributed by atoms with Gasteiger partial charge >= 0.3 is 12.1 Å². The molecule has 0 radical (unpaired) electrons. The summed E-state index contributed by atoms with van der Waals surface area (Å²) in [5, 5.41) is 4.12. The highest BCUT2D eigenvalue weighted by Gasteiger charge is 2.11. The highest BCUT2D eigenvalue weighted by Crippen LogP contribution is 2.08. The van der Waals surface area contributed by atoms with Gasteiger partial charge in [0, 0.05) is 0 Å². The molecule has 0 N–H and O–H groups in total. The van der Waals surface area contributed by atoms with Crippen LogP contribution >= 0.6 is 0 Å². The molecule has 1 rings (SSSR count). The fourth-order valence-corrected chi connectivity index (χ4v) is 2.11. The largest absolute Gasteiger partial charge is 0.543 e. The molecule has 6 nitrogen and oxygen atoms in total. The molecule has 0 bridgehead atoms. The average molecular weight is 338 g/mol. The smallest absolute Gasteiger partial charge is 0.432 e. The Balaban J connectivity index is 1.94. The van der Waals surface area contributed by atoms with E-state index in [4.69, 9.17) is 4.74 Å². The summed E-state index contributed by atoms with van der Waals surface area (Å²) in [5.74, 6) is -0.758. The molecule has 6 heteroatoms. The summed E-state index contributed by atoms with van der Waals surface area (Å²) >= 11 is 0. The lowest BCUT2D eigenvalue weighted by molar-refractivity contribution is -0.452. The van der Waals surface area contributed by atoms with Crippen molar-refractivity contribution in [1.82, 2.24) is 0 Å². The summed E-state index contributed by atoms with van der Waals surface area (Å²) in [6.45, 7) is 2.45. The summed E-state index contributed by atoms with van der Waals surface area (Å²) in [6.07, 6.45) is 8.18. The number of rotatable bonds is 12. The van der Waals surface area contributed by atoms with Crippen LogP contribution in [0, 0.1) is 0 Å². The van der Waals surface area contributed by atoms with Crippen molar-refractivity contribution in [1.29, 1.82) is 0 Å². The van der Waals surface area contributed by atoms with Gasteiger partial charge < -0.3 is 4.74 Å². The van der Waals surface area contributed by atoms with E-state index in [0.717, 1.165) is 19.3 Å². The van der Waals surface area contributed by atoms with Crippen molar-refractivity contribution in [2.75, 3.05) is 6.61 Å². The summed E-state index contributed by atoms with van der Waals surface area (Å²) in [5.41, 5.74) is 0.286. The minimum Gasteiger partial charge on any atom is -0.432 e. The molecule has 0 aliphatic heterocycles. The first-order chi connectivity index (χ1) is 11.7. The standard InChI is InChI=1S/C18H26O6/c1-2-3-4-5-6-7-8-12-15-21-18(20)23-24-22-17(19)16-13-10-9-11-14-16/h9-11,13-14H,2-8,12,15H2,1H3. The fraction of sp³-hybridized carbons (Fsp3) is 0.556. The maximum Gasteiger partial charge on any atom is 0.543 e. The highest BCUT2D eigenvalue weighted by atomic mass is 17.5. The highest BCUT2D eigenvalue weighted by molar-refractivity contribution is 5.88. The lowest BCUT2D eigenvalue weighted by Gasteiger charge is -2.04. The van der Waals surface area contributed by atoms with Crippen molar-refractivity contribution in [3.63, 3.8) is 0 Å². The van der Waals surface area contributed by atoms with Crippen LogP contribution in [-0.4, -0.2) is 18.7 Å². The van der Waals surface area contributed by atoms with E-state index in [-0.39, 0.29) is 12.2 Å². The van der Waals surface area contributed by atoms with E-state index in [1.807, 2.05) is 0 Å². The van der Waals surface area contributed by atoms with Crippen molar-refractivity contribution in [3.8, 4) is 0 Å². The van der Waals surface area contributed by atoms with Crippen LogP contribution in [0.2, 0.25) is 0 Å². The predicted octanol–water partition coefficient (Wildman–Crippen LogP) is 4.98. The lowest BCUT2D eigenvalue weighted by atomic mass is 10.1. The second kappa shape index (κ2) is 13.4. The Morgan fingerprint density at radius 3 is 2.12 bits per heavy atom. The SMILES string of the molecule is CCCCCCCCCCOC(=O)OOOC(=O)c1ccccc1. The third kappa shape index (κ3) is 9.84. The van der Waals surface area contributed by atoms with Crippen molar-refractivity contribution >= 4 is 12.1 Å². The van der Waals surface area contributed by atoms with E-state index in [2.05, 4.69) is 21.7 Å². The zero-order chi connectivity index (χ0) is 17.5. The van der Waals surface area contributed by atoms with Gasteiger partial charge in [0.1, 0.15) is 0 Å². The van der Waals surface area contributed by atoms with Crippen LogP contribution < -0.4 is 0 Å². The Morgan fingerprint density at radius 2 is 1.46 bits per heavy atom. The van der Waals surface area contributed by atoms with Crippen molar-refractivity contribution in [2.45, 2.75) is 58.3 Å². The molecule has 0 fully saturated rings. The van der Waals surface area contributed by atoms with E-state index in [1.165, 1.54) is 32.1 Å². The molecule has 0 aromatic heterocycles. The maximum absolute atomic E-state index is 11.5. The van der Waals surface area contributed by atoms with E-state index in [0.29, 0.717) is 0 Å². The number of ether oxygens (including phenoxy) is 1. The van der Waals surface area contributed by atoms with E-state index >= 15 is 0 Å². The molecule has 0 heterocycles. The number of hydrogen-bond acceptors (Lipinski definition) is 6. The molecule has 0 spiro atoms. The number of carbonyl (C=O) groups excluding carboxylic acids is 2. The number of unbranched alkanes of at least 4 members (excludes halogenated alkanes) is 7. The van der Waals surface area contributed by atoms with Gasteiger partial charge in [-0.2, -0.15) is 0 Å². The minimum absolute atomic E-state index is 0.254. The van der Waals surface area contributed by atoms with E-state index in [9.17, 15) is 9.59 Å². The molecule has 1 aromatic rings. The molecular formula is C18H26O6. The van der Waals surface area contributed by atoms with Gasteiger partial charge in [-0.3, -0.25) is 4.89 Å². The molecule has 0 saturated heterocycles. The van der Waals surface area contributed by atoms with Gasteiger partial charge in [0.25, 0.3) is 0 Å². The average Bonchev–Trinajstić information content (AvgIpc) is 2.61. The number of benzene rings is 1. The Morgan fingerprint density at radius 1 is 0.833 bits per heavy atom. The van der Waals surface area contributed by atoms with Gasteiger partial charge in [0.05, 0.1) is 17.2 Å². The summed E-state index contributed by atoms with van der Waals surface area (Å²) in [4.78, 5) is 31.2. The molecule has 1 aromatic carbocycles. The molecule has 0 atom stereocenters. The van der Waals surface area contributed by atoms with Gasteiger partial charge in [-0.15, -0.1) is 0 Å². The second-order valence-electron chi connectivity index (χ2n) is 5.46. The second-order valence-corrected chi connectivity index (χ2v) is 5.46. The normalized spacial score (nSPS) is 10.2. The maximum atomic E-state index is 11.5. The zero-order valence-electron chi connectivity index (χ0n) is 14.2. The van der Waals surface area contributed by atoms with Crippen molar-refractivity contribution in [2.24, 2.45) is 0 Å². The van der Waals surface area contributed by atoms with Gasteiger partial charge in [-0.05, 0) is 18.6 Å². The van der Waals surface area contributed by atoms with Gasteiger partial charge in [-0.25, -0.2) is 14.5 Å². The minimum atomic E-state index is -1.03. The first-order valence-corrected chi connectivity index (χ1v) is 8.51.